The Morgan fingerprint density at radius 3 is 1.79 bits per heavy atom. The fourth-order valence-corrected chi connectivity index (χ4v) is 5.54. The minimum Gasteiger partial charge on any atom is -0.208 e. The maximum absolute atomic E-state index is 9.18. The lowest BCUT2D eigenvalue weighted by Crippen LogP contribution is -2.00. The van der Waals surface area contributed by atoms with Gasteiger partial charge in [0.25, 0.3) is 0 Å². The highest BCUT2D eigenvalue weighted by Crippen LogP contribution is 2.39. The molecule has 0 amide bonds. The summed E-state index contributed by atoms with van der Waals surface area (Å²) < 4.78 is 52.6. The Kier molecular flexibility index (Phi) is 4.29. The van der Waals surface area contributed by atoms with E-state index in [1.54, 1.807) is 0 Å². The first-order valence-electron chi connectivity index (χ1n) is 14.8. The van der Waals surface area contributed by atoms with Crippen LogP contribution < -0.4 is 0 Å². The third kappa shape index (κ3) is 4.14. The SMILES string of the molecule is [2H]c1c([2H])c([2H])c2c(sc3c([2H])c(-c4nc(-c5ccccc5)nc(-c5ccc(-c6ccccc6)cc5)n4)c([2H])c([2H])c32)c1Cl. The van der Waals surface area contributed by atoms with Crippen molar-refractivity contribution in [3.05, 3.63) is 126 Å². The summed E-state index contributed by atoms with van der Waals surface area (Å²) in [5.74, 6) is 0.779. The zero-order valence-electron chi connectivity index (χ0n) is 25.7. The molecule has 7 aromatic rings. The number of fused-ring (bicyclic) bond motifs is 3. The maximum atomic E-state index is 9.18. The third-order valence-corrected chi connectivity index (χ3v) is 7.68. The molecular formula is C33H20ClN3S. The summed E-state index contributed by atoms with van der Waals surface area (Å²) in [5, 5.41) is 0.384. The molecule has 5 aromatic carbocycles. The number of thiophene rings is 1. The minimum absolute atomic E-state index is 0.0122. The number of aromatic nitrogens is 3. The highest BCUT2D eigenvalue weighted by atomic mass is 35.5. The Morgan fingerprint density at radius 2 is 1.11 bits per heavy atom. The fourth-order valence-electron chi connectivity index (χ4n) is 4.27. The van der Waals surface area contributed by atoms with Crippen LogP contribution in [0.4, 0.5) is 0 Å². The lowest BCUT2D eigenvalue weighted by atomic mass is 10.0. The predicted octanol–water partition coefficient (Wildman–Crippen LogP) is 9.56. The van der Waals surface area contributed by atoms with E-state index in [1.165, 1.54) is 0 Å². The topological polar surface area (TPSA) is 38.7 Å². The van der Waals surface area contributed by atoms with Crippen molar-refractivity contribution in [3.63, 3.8) is 0 Å². The number of hydrogen-bond acceptors (Lipinski definition) is 4. The molecule has 7 rings (SSSR count). The van der Waals surface area contributed by atoms with Crippen molar-refractivity contribution in [2.45, 2.75) is 0 Å². The first kappa shape index (κ1) is 17.2. The molecule has 180 valence electrons. The molecule has 0 unspecified atom stereocenters. The molecule has 0 radical (unpaired) electrons. The van der Waals surface area contributed by atoms with Crippen LogP contribution >= 0.6 is 22.9 Å². The Morgan fingerprint density at radius 1 is 0.553 bits per heavy atom. The van der Waals surface area contributed by atoms with Crippen molar-refractivity contribution in [1.29, 1.82) is 0 Å². The highest BCUT2D eigenvalue weighted by molar-refractivity contribution is 7.26. The van der Waals surface area contributed by atoms with Crippen LogP contribution in [0.1, 0.15) is 8.22 Å². The summed E-state index contributed by atoms with van der Waals surface area (Å²) in [7, 11) is 0. The van der Waals surface area contributed by atoms with E-state index < -0.39 is 0 Å². The molecule has 3 nitrogen and oxygen atoms in total. The number of rotatable bonds is 4. The second-order valence-corrected chi connectivity index (χ2v) is 9.96. The van der Waals surface area contributed by atoms with Crippen molar-refractivity contribution in [1.82, 2.24) is 15.0 Å². The molecule has 0 fully saturated rings. The van der Waals surface area contributed by atoms with Gasteiger partial charge in [-0.1, -0.05) is 121 Å². The molecule has 2 aromatic heterocycles. The molecule has 0 saturated carbocycles. The van der Waals surface area contributed by atoms with Gasteiger partial charge in [-0.3, -0.25) is 0 Å². The van der Waals surface area contributed by atoms with Gasteiger partial charge in [0.15, 0.2) is 17.5 Å². The molecule has 0 aliphatic rings. The minimum atomic E-state index is -0.364. The summed E-state index contributed by atoms with van der Waals surface area (Å²) >= 11 is 7.49. The highest BCUT2D eigenvalue weighted by Gasteiger charge is 2.14. The van der Waals surface area contributed by atoms with Crippen molar-refractivity contribution in [2.24, 2.45) is 0 Å². The van der Waals surface area contributed by atoms with Crippen LogP contribution in [0.15, 0.2) is 121 Å². The second kappa shape index (κ2) is 9.49. The Balaban J connectivity index is 1.47. The Hall–Kier alpha value is -4.38. The standard InChI is InChI=1S/C33H20ClN3S/c34-28-13-7-12-27-26-19-18-25(20-29(26)38-30(27)28)33-36-31(23-10-5-2-6-11-23)35-32(37-33)24-16-14-22(15-17-24)21-8-3-1-4-9-21/h1-20H/i7D,12D,13D,18D,19D,20D. The van der Waals surface area contributed by atoms with Gasteiger partial charge in [0.05, 0.1) is 17.9 Å². The summed E-state index contributed by atoms with van der Waals surface area (Å²) in [6.45, 7) is 0. The van der Waals surface area contributed by atoms with Crippen LogP contribution in [0.25, 0.3) is 65.5 Å². The summed E-state index contributed by atoms with van der Waals surface area (Å²) in [5.41, 5.74) is 3.59. The normalized spacial score (nSPS) is 13.5. The second-order valence-electron chi connectivity index (χ2n) is 8.56. The van der Waals surface area contributed by atoms with Crippen molar-refractivity contribution >= 4 is 43.1 Å². The molecule has 0 atom stereocenters. The number of halogens is 1. The van der Waals surface area contributed by atoms with Crippen molar-refractivity contribution in [3.8, 4) is 45.3 Å². The number of nitrogens with zero attached hydrogens (tertiary/aromatic N) is 3. The van der Waals surface area contributed by atoms with Gasteiger partial charge in [0.2, 0.25) is 0 Å². The first-order chi connectivity index (χ1) is 21.2. The van der Waals surface area contributed by atoms with Gasteiger partial charge in [-0.2, -0.15) is 0 Å². The van der Waals surface area contributed by atoms with Crippen LogP contribution in [0.5, 0.6) is 0 Å². The van der Waals surface area contributed by atoms with E-state index in [0.29, 0.717) is 26.6 Å². The molecule has 0 bridgehead atoms. The van der Waals surface area contributed by atoms with Gasteiger partial charge in [0, 0.05) is 32.2 Å². The van der Waals surface area contributed by atoms with Crippen LogP contribution in [0.3, 0.4) is 0 Å². The van der Waals surface area contributed by atoms with E-state index in [4.69, 9.17) is 28.4 Å². The average molecular weight is 532 g/mol. The van der Waals surface area contributed by atoms with Crippen LogP contribution in [-0.2, 0) is 0 Å². The lowest BCUT2D eigenvalue weighted by Gasteiger charge is -2.09. The van der Waals surface area contributed by atoms with E-state index in [-0.39, 0.29) is 63.4 Å². The monoisotopic (exact) mass is 531 g/mol. The van der Waals surface area contributed by atoms with Gasteiger partial charge in [-0.25, -0.2) is 15.0 Å². The Bertz CT molecular complexity index is 2240. The van der Waals surface area contributed by atoms with E-state index in [1.807, 2.05) is 84.9 Å². The maximum Gasteiger partial charge on any atom is 0.164 e. The van der Waals surface area contributed by atoms with Crippen molar-refractivity contribution in [2.75, 3.05) is 0 Å². The summed E-state index contributed by atoms with van der Waals surface area (Å²) in [4.78, 5) is 14.2. The Labute approximate surface area is 237 Å². The van der Waals surface area contributed by atoms with Gasteiger partial charge >= 0.3 is 0 Å². The molecule has 0 N–H and O–H groups in total. The molecule has 5 heteroatoms. The fraction of sp³-hybridized carbons (Fsp3) is 0. The number of hydrogen-bond donors (Lipinski definition) is 0. The molecule has 0 aliphatic heterocycles. The largest absolute Gasteiger partial charge is 0.208 e. The lowest BCUT2D eigenvalue weighted by molar-refractivity contribution is 1.07. The van der Waals surface area contributed by atoms with Gasteiger partial charge in [-0.05, 0) is 23.2 Å². The van der Waals surface area contributed by atoms with E-state index in [2.05, 4.69) is 4.98 Å². The smallest absolute Gasteiger partial charge is 0.164 e. The average Bonchev–Trinajstić information content (AvgIpc) is 3.48. The van der Waals surface area contributed by atoms with E-state index in [9.17, 15) is 1.37 Å². The van der Waals surface area contributed by atoms with Gasteiger partial charge in [0.1, 0.15) is 0 Å². The number of benzene rings is 5. The first-order valence-corrected chi connectivity index (χ1v) is 13.0. The predicted molar refractivity (Wildman–Crippen MR) is 159 cm³/mol. The van der Waals surface area contributed by atoms with Gasteiger partial charge in [-0.15, -0.1) is 11.3 Å². The quantitative estimate of drug-likeness (QED) is 0.227. The van der Waals surface area contributed by atoms with Crippen LogP contribution in [0.2, 0.25) is 5.02 Å². The van der Waals surface area contributed by atoms with E-state index >= 15 is 0 Å². The molecule has 2 heterocycles. The summed E-state index contributed by atoms with van der Waals surface area (Å²) in [6, 6.07) is 25.6. The van der Waals surface area contributed by atoms with Gasteiger partial charge < -0.3 is 0 Å². The van der Waals surface area contributed by atoms with E-state index in [0.717, 1.165) is 28.0 Å². The third-order valence-electron chi connectivity index (χ3n) is 6.16. The molecule has 0 saturated heterocycles. The zero-order chi connectivity index (χ0) is 30.7. The molecule has 0 spiro atoms. The van der Waals surface area contributed by atoms with Crippen LogP contribution in [0, 0.1) is 0 Å². The van der Waals surface area contributed by atoms with Crippen molar-refractivity contribution < 1.29 is 8.22 Å². The molecule has 0 aliphatic carbocycles. The summed E-state index contributed by atoms with van der Waals surface area (Å²) in [6.07, 6.45) is 0. The molecular weight excluding hydrogens is 506 g/mol. The molecule has 38 heavy (non-hydrogen) atoms. The zero-order valence-corrected chi connectivity index (χ0v) is 21.3. The van der Waals surface area contributed by atoms with Crippen LogP contribution in [-0.4, -0.2) is 15.0 Å².